The van der Waals surface area contributed by atoms with Crippen molar-refractivity contribution in [3.05, 3.63) is 11.6 Å². The molecule has 3 fully saturated rings. The highest BCUT2D eigenvalue weighted by Crippen LogP contribution is 2.67. The molecule has 2 N–H and O–H groups in total. The third-order valence-electron chi connectivity index (χ3n) is 11.3. The summed E-state index contributed by atoms with van der Waals surface area (Å²) in [5.74, 6) is 3.96. The van der Waals surface area contributed by atoms with Crippen LogP contribution >= 0.6 is 0 Å². The van der Waals surface area contributed by atoms with E-state index < -0.39 is 11.2 Å². The van der Waals surface area contributed by atoms with Crippen molar-refractivity contribution in [3.63, 3.8) is 0 Å². The summed E-state index contributed by atoms with van der Waals surface area (Å²) in [6.07, 6.45) is 16.1. The van der Waals surface area contributed by atoms with E-state index in [1.807, 2.05) is 13.8 Å². The van der Waals surface area contributed by atoms with Gasteiger partial charge in [-0.2, -0.15) is 0 Å². The SMILES string of the molecule is COCCC[C@@](C)(O)CC[C@@H](C)[C@H]1CC[C@H]2[C@@H]3CC=C4C[C@@](C)(O)CC[C@]4(C)[C@H]3CC[C@]12C. The monoisotopic (exact) mass is 460 g/mol. The zero-order valence-corrected chi connectivity index (χ0v) is 22.5. The van der Waals surface area contributed by atoms with E-state index in [1.165, 1.54) is 32.1 Å². The molecule has 0 bridgehead atoms. The van der Waals surface area contributed by atoms with Gasteiger partial charge in [0.2, 0.25) is 0 Å². The fourth-order valence-electron chi connectivity index (χ4n) is 9.24. The van der Waals surface area contributed by atoms with E-state index in [1.54, 1.807) is 12.7 Å². The van der Waals surface area contributed by atoms with Gasteiger partial charge >= 0.3 is 0 Å². The average molecular weight is 461 g/mol. The van der Waals surface area contributed by atoms with Gasteiger partial charge in [-0.05, 0) is 131 Å². The number of hydrogen-bond donors (Lipinski definition) is 2. The summed E-state index contributed by atoms with van der Waals surface area (Å²) in [5.41, 5.74) is 1.29. The lowest BCUT2D eigenvalue weighted by atomic mass is 9.46. The van der Waals surface area contributed by atoms with Crippen LogP contribution in [0, 0.1) is 40.4 Å². The van der Waals surface area contributed by atoms with Crippen molar-refractivity contribution in [1.29, 1.82) is 0 Å². The lowest BCUT2D eigenvalue weighted by Crippen LogP contribution is -2.52. The molecule has 3 nitrogen and oxygen atoms in total. The van der Waals surface area contributed by atoms with Crippen molar-refractivity contribution in [1.82, 2.24) is 0 Å². The molecule has 0 aromatic carbocycles. The van der Waals surface area contributed by atoms with Crippen molar-refractivity contribution in [3.8, 4) is 0 Å². The molecule has 9 atom stereocenters. The van der Waals surface area contributed by atoms with Crippen LogP contribution in [0.1, 0.15) is 112 Å². The van der Waals surface area contributed by atoms with Crippen LogP contribution in [-0.4, -0.2) is 35.1 Å². The number of rotatable bonds is 8. The Morgan fingerprint density at radius 1 is 1.09 bits per heavy atom. The molecule has 0 amide bonds. The van der Waals surface area contributed by atoms with E-state index in [-0.39, 0.29) is 0 Å². The number of fused-ring (bicyclic) bond motifs is 5. The summed E-state index contributed by atoms with van der Waals surface area (Å²) in [5, 5.41) is 21.6. The fraction of sp³-hybridized carbons (Fsp3) is 0.933. The molecule has 4 aliphatic carbocycles. The van der Waals surface area contributed by atoms with Crippen LogP contribution in [0.3, 0.4) is 0 Å². The summed E-state index contributed by atoms with van der Waals surface area (Å²) >= 11 is 0. The Morgan fingerprint density at radius 3 is 2.58 bits per heavy atom. The number of methoxy groups -OCH3 is 1. The maximum Gasteiger partial charge on any atom is 0.0657 e. The molecule has 0 aromatic heterocycles. The van der Waals surface area contributed by atoms with Crippen molar-refractivity contribution in [2.45, 2.75) is 123 Å². The number of aliphatic hydroxyl groups is 2. The van der Waals surface area contributed by atoms with E-state index in [4.69, 9.17) is 4.74 Å². The maximum absolute atomic E-state index is 10.9. The van der Waals surface area contributed by atoms with Crippen molar-refractivity contribution in [2.24, 2.45) is 40.4 Å². The van der Waals surface area contributed by atoms with E-state index in [0.717, 1.165) is 75.2 Å². The predicted octanol–water partition coefficient (Wildman–Crippen LogP) is 6.91. The van der Waals surface area contributed by atoms with Crippen LogP contribution in [-0.2, 0) is 4.74 Å². The van der Waals surface area contributed by atoms with Gasteiger partial charge in [-0.3, -0.25) is 0 Å². The Morgan fingerprint density at radius 2 is 1.85 bits per heavy atom. The standard InChI is InChI=1S/C30H52O3/c1-21(12-15-27(2,31)14-7-19-33-6)24-10-11-25-23-9-8-22-20-28(3,32)17-18-29(22,4)26(23)13-16-30(24,25)5/h8,21,23-26,31-32H,7,9-20H2,1-6H3/t21-,23+,24-,25+,26+,27-,28+,29+,30-/m1/s1. The molecule has 0 radical (unpaired) electrons. The Hall–Kier alpha value is -0.380. The molecule has 4 aliphatic rings. The predicted molar refractivity (Wildman–Crippen MR) is 136 cm³/mol. The van der Waals surface area contributed by atoms with Gasteiger partial charge in [0.15, 0.2) is 0 Å². The summed E-state index contributed by atoms with van der Waals surface area (Å²) in [4.78, 5) is 0. The molecular formula is C30H52O3. The second kappa shape index (κ2) is 9.25. The fourth-order valence-corrected chi connectivity index (χ4v) is 9.24. The number of hydrogen-bond acceptors (Lipinski definition) is 3. The Balaban J connectivity index is 1.42. The van der Waals surface area contributed by atoms with Gasteiger partial charge in [-0.1, -0.05) is 32.4 Å². The van der Waals surface area contributed by atoms with Gasteiger partial charge in [-0.15, -0.1) is 0 Å². The van der Waals surface area contributed by atoms with Crippen molar-refractivity contribution < 1.29 is 14.9 Å². The topological polar surface area (TPSA) is 49.7 Å². The third-order valence-corrected chi connectivity index (χ3v) is 11.3. The van der Waals surface area contributed by atoms with Gasteiger partial charge in [0, 0.05) is 13.7 Å². The van der Waals surface area contributed by atoms with Crippen LogP contribution in [0.4, 0.5) is 0 Å². The summed E-state index contributed by atoms with van der Waals surface area (Å²) in [7, 11) is 1.74. The molecule has 33 heavy (non-hydrogen) atoms. The molecular weight excluding hydrogens is 408 g/mol. The molecule has 3 heteroatoms. The molecule has 0 aliphatic heterocycles. The largest absolute Gasteiger partial charge is 0.390 e. The molecule has 190 valence electrons. The molecule has 3 saturated carbocycles. The number of allylic oxidation sites excluding steroid dienone is 1. The lowest BCUT2D eigenvalue weighted by molar-refractivity contribution is -0.0716. The third kappa shape index (κ3) is 4.85. The van der Waals surface area contributed by atoms with Crippen molar-refractivity contribution >= 4 is 0 Å². The zero-order chi connectivity index (χ0) is 24.1. The molecule has 0 saturated heterocycles. The quantitative estimate of drug-likeness (QED) is 0.306. The second-order valence-electron chi connectivity index (χ2n) is 13.8. The normalized spacial score (nSPS) is 45.4. The molecule has 4 rings (SSSR count). The zero-order valence-electron chi connectivity index (χ0n) is 22.5. The molecule has 0 unspecified atom stereocenters. The van der Waals surface area contributed by atoms with Gasteiger partial charge in [0.1, 0.15) is 0 Å². The van der Waals surface area contributed by atoms with Gasteiger partial charge < -0.3 is 14.9 Å². The van der Waals surface area contributed by atoms with Crippen LogP contribution in [0.5, 0.6) is 0 Å². The van der Waals surface area contributed by atoms with E-state index >= 15 is 0 Å². The van der Waals surface area contributed by atoms with Crippen LogP contribution in [0.15, 0.2) is 11.6 Å². The van der Waals surface area contributed by atoms with Gasteiger partial charge in [0.25, 0.3) is 0 Å². The summed E-state index contributed by atoms with van der Waals surface area (Å²) in [6, 6.07) is 0. The van der Waals surface area contributed by atoms with Gasteiger partial charge in [-0.25, -0.2) is 0 Å². The Labute approximate surface area is 203 Å². The minimum absolute atomic E-state index is 0.317. The lowest BCUT2D eigenvalue weighted by Gasteiger charge is -2.59. The van der Waals surface area contributed by atoms with E-state index in [0.29, 0.717) is 16.7 Å². The first-order chi connectivity index (χ1) is 15.4. The summed E-state index contributed by atoms with van der Waals surface area (Å²) in [6.45, 7) is 12.4. The Bertz CT molecular complexity index is 724. The van der Waals surface area contributed by atoms with E-state index in [9.17, 15) is 10.2 Å². The first-order valence-electron chi connectivity index (χ1n) is 14.1. The molecule has 0 aromatic rings. The van der Waals surface area contributed by atoms with Crippen molar-refractivity contribution in [2.75, 3.05) is 13.7 Å². The minimum Gasteiger partial charge on any atom is -0.390 e. The Kier molecular flexibility index (Phi) is 7.20. The molecule has 0 heterocycles. The number of ether oxygens (including phenoxy) is 1. The first kappa shape index (κ1) is 25.7. The van der Waals surface area contributed by atoms with Crippen LogP contribution < -0.4 is 0 Å². The van der Waals surface area contributed by atoms with Gasteiger partial charge in [0.05, 0.1) is 11.2 Å². The highest BCUT2D eigenvalue weighted by Gasteiger charge is 2.59. The highest BCUT2D eigenvalue weighted by molar-refractivity contribution is 5.26. The summed E-state index contributed by atoms with van der Waals surface area (Å²) < 4.78 is 5.18. The highest BCUT2D eigenvalue weighted by atomic mass is 16.5. The average Bonchev–Trinajstić information content (AvgIpc) is 3.10. The van der Waals surface area contributed by atoms with Crippen LogP contribution in [0.2, 0.25) is 0 Å². The smallest absolute Gasteiger partial charge is 0.0657 e. The molecule has 0 spiro atoms. The first-order valence-corrected chi connectivity index (χ1v) is 14.1. The second-order valence-corrected chi connectivity index (χ2v) is 13.8. The van der Waals surface area contributed by atoms with Crippen LogP contribution in [0.25, 0.3) is 0 Å². The minimum atomic E-state index is -0.565. The maximum atomic E-state index is 10.9. The van der Waals surface area contributed by atoms with E-state index in [2.05, 4.69) is 26.8 Å².